The van der Waals surface area contributed by atoms with Gasteiger partial charge in [0, 0.05) is 11.0 Å². The number of halogens is 4. The van der Waals surface area contributed by atoms with E-state index in [0.717, 1.165) is 12.1 Å². The first-order valence-corrected chi connectivity index (χ1v) is 8.88. The molecule has 2 aromatic rings. The fourth-order valence-electron chi connectivity index (χ4n) is 1.93. The SMILES string of the molecule is O=S(=O)(NCCc1ccc(C(F)(F)F)cc1)c1ccccc1Br. The van der Waals surface area contributed by atoms with E-state index in [9.17, 15) is 21.6 Å². The van der Waals surface area contributed by atoms with Gasteiger partial charge in [0.15, 0.2) is 0 Å². The lowest BCUT2D eigenvalue weighted by Crippen LogP contribution is -2.26. The van der Waals surface area contributed by atoms with Gasteiger partial charge in [-0.3, -0.25) is 0 Å². The topological polar surface area (TPSA) is 46.2 Å². The van der Waals surface area contributed by atoms with Crippen molar-refractivity contribution in [1.29, 1.82) is 0 Å². The van der Waals surface area contributed by atoms with E-state index in [1.54, 1.807) is 18.2 Å². The predicted octanol–water partition coefficient (Wildman–Crippen LogP) is 3.99. The molecule has 2 rings (SSSR count). The highest BCUT2D eigenvalue weighted by Crippen LogP contribution is 2.29. The van der Waals surface area contributed by atoms with E-state index in [4.69, 9.17) is 0 Å². The van der Waals surface area contributed by atoms with Gasteiger partial charge >= 0.3 is 6.18 Å². The van der Waals surface area contributed by atoms with Crippen LogP contribution in [0.4, 0.5) is 13.2 Å². The third-order valence-electron chi connectivity index (χ3n) is 3.11. The van der Waals surface area contributed by atoms with Gasteiger partial charge in [0.2, 0.25) is 10.0 Å². The van der Waals surface area contributed by atoms with Crippen LogP contribution in [0.3, 0.4) is 0 Å². The molecule has 0 saturated carbocycles. The molecule has 23 heavy (non-hydrogen) atoms. The summed E-state index contributed by atoms with van der Waals surface area (Å²) in [6, 6.07) is 11.0. The molecule has 0 unspecified atom stereocenters. The number of hydrogen-bond acceptors (Lipinski definition) is 2. The minimum atomic E-state index is -4.38. The average Bonchev–Trinajstić information content (AvgIpc) is 2.47. The summed E-state index contributed by atoms with van der Waals surface area (Å²) in [4.78, 5) is 0.118. The number of hydrogen-bond donors (Lipinski definition) is 1. The van der Waals surface area contributed by atoms with Crippen LogP contribution in [-0.2, 0) is 22.6 Å². The highest BCUT2D eigenvalue weighted by atomic mass is 79.9. The lowest BCUT2D eigenvalue weighted by molar-refractivity contribution is -0.137. The summed E-state index contributed by atoms with van der Waals surface area (Å²) in [5, 5.41) is 0. The van der Waals surface area contributed by atoms with E-state index in [2.05, 4.69) is 20.7 Å². The second kappa shape index (κ2) is 7.02. The molecule has 0 radical (unpaired) electrons. The highest BCUT2D eigenvalue weighted by Gasteiger charge is 2.29. The van der Waals surface area contributed by atoms with Gasteiger partial charge in [0.25, 0.3) is 0 Å². The molecule has 0 spiro atoms. The normalized spacial score (nSPS) is 12.3. The van der Waals surface area contributed by atoms with Crippen molar-refractivity contribution in [2.75, 3.05) is 6.54 Å². The van der Waals surface area contributed by atoms with Crippen LogP contribution in [0, 0.1) is 0 Å². The van der Waals surface area contributed by atoms with Crippen LogP contribution in [0.2, 0.25) is 0 Å². The summed E-state index contributed by atoms with van der Waals surface area (Å²) in [6.07, 6.45) is -4.08. The quantitative estimate of drug-likeness (QED) is 0.814. The molecule has 2 aromatic carbocycles. The smallest absolute Gasteiger partial charge is 0.211 e. The van der Waals surface area contributed by atoms with Crippen molar-refractivity contribution < 1.29 is 21.6 Å². The molecule has 0 saturated heterocycles. The molecular weight excluding hydrogens is 395 g/mol. The van der Waals surface area contributed by atoms with Crippen molar-refractivity contribution in [3.05, 3.63) is 64.1 Å². The van der Waals surface area contributed by atoms with Crippen molar-refractivity contribution in [1.82, 2.24) is 4.72 Å². The summed E-state index contributed by atoms with van der Waals surface area (Å²) in [6.45, 7) is 0.0923. The minimum absolute atomic E-state index is 0.0923. The minimum Gasteiger partial charge on any atom is -0.211 e. The van der Waals surface area contributed by atoms with Crippen molar-refractivity contribution in [2.45, 2.75) is 17.5 Å². The number of benzene rings is 2. The van der Waals surface area contributed by atoms with E-state index >= 15 is 0 Å². The average molecular weight is 408 g/mol. The molecule has 3 nitrogen and oxygen atoms in total. The summed E-state index contributed by atoms with van der Waals surface area (Å²) < 4.78 is 64.5. The van der Waals surface area contributed by atoms with Gasteiger partial charge in [0.1, 0.15) is 0 Å². The monoisotopic (exact) mass is 407 g/mol. The first-order chi connectivity index (χ1) is 10.7. The molecule has 0 fully saturated rings. The van der Waals surface area contributed by atoms with Crippen molar-refractivity contribution in [3.8, 4) is 0 Å². The van der Waals surface area contributed by atoms with Crippen LogP contribution in [-0.4, -0.2) is 15.0 Å². The Bertz CT molecular complexity index is 774. The summed E-state index contributed by atoms with van der Waals surface area (Å²) in [5.74, 6) is 0. The van der Waals surface area contributed by atoms with Crippen LogP contribution >= 0.6 is 15.9 Å². The Morgan fingerprint density at radius 2 is 1.61 bits per heavy atom. The Morgan fingerprint density at radius 1 is 1.00 bits per heavy atom. The maximum absolute atomic E-state index is 12.5. The predicted molar refractivity (Wildman–Crippen MR) is 84.5 cm³/mol. The lowest BCUT2D eigenvalue weighted by Gasteiger charge is -2.09. The maximum Gasteiger partial charge on any atom is 0.416 e. The molecule has 0 aliphatic rings. The third-order valence-corrected chi connectivity index (χ3v) is 5.59. The molecular formula is C15H13BrF3NO2S. The van der Waals surface area contributed by atoms with Crippen LogP contribution in [0.1, 0.15) is 11.1 Å². The summed E-state index contributed by atoms with van der Waals surface area (Å²) in [7, 11) is -3.67. The zero-order valence-corrected chi connectivity index (χ0v) is 14.2. The Hall–Kier alpha value is -1.38. The van der Waals surface area contributed by atoms with Crippen LogP contribution in [0.15, 0.2) is 57.9 Å². The molecule has 0 heterocycles. The first kappa shape index (κ1) is 18.0. The van der Waals surface area contributed by atoms with E-state index in [1.165, 1.54) is 18.2 Å². The second-order valence-corrected chi connectivity index (χ2v) is 7.36. The van der Waals surface area contributed by atoms with E-state index in [0.29, 0.717) is 16.5 Å². The Kier molecular flexibility index (Phi) is 5.49. The molecule has 0 bridgehead atoms. The van der Waals surface area contributed by atoms with Crippen LogP contribution < -0.4 is 4.72 Å². The Labute approximate surface area is 140 Å². The van der Waals surface area contributed by atoms with Crippen molar-refractivity contribution in [2.24, 2.45) is 0 Å². The first-order valence-electron chi connectivity index (χ1n) is 6.60. The van der Waals surface area contributed by atoms with E-state index in [-0.39, 0.29) is 11.4 Å². The highest BCUT2D eigenvalue weighted by molar-refractivity contribution is 9.10. The number of sulfonamides is 1. The molecule has 0 atom stereocenters. The van der Waals surface area contributed by atoms with Crippen LogP contribution in [0.25, 0.3) is 0 Å². The van der Waals surface area contributed by atoms with Gasteiger partial charge in [-0.2, -0.15) is 13.2 Å². The molecule has 0 amide bonds. The van der Waals surface area contributed by atoms with Crippen molar-refractivity contribution in [3.63, 3.8) is 0 Å². The van der Waals surface area contributed by atoms with E-state index < -0.39 is 21.8 Å². The number of rotatable bonds is 5. The Balaban J connectivity index is 1.98. The lowest BCUT2D eigenvalue weighted by atomic mass is 10.1. The number of alkyl halides is 3. The second-order valence-electron chi connectivity index (χ2n) is 4.77. The Morgan fingerprint density at radius 3 is 2.17 bits per heavy atom. The molecule has 0 aliphatic heterocycles. The van der Waals surface area contributed by atoms with Gasteiger partial charge in [-0.25, -0.2) is 13.1 Å². The summed E-state index contributed by atoms with van der Waals surface area (Å²) >= 11 is 3.17. The third kappa shape index (κ3) is 4.79. The zero-order valence-electron chi connectivity index (χ0n) is 11.8. The fraction of sp³-hybridized carbons (Fsp3) is 0.200. The standard InChI is InChI=1S/C15H13BrF3NO2S/c16-13-3-1-2-4-14(13)23(21,22)20-10-9-11-5-7-12(8-6-11)15(17,18)19/h1-8,20H,9-10H2. The van der Waals surface area contributed by atoms with Gasteiger partial charge in [0.05, 0.1) is 10.5 Å². The van der Waals surface area contributed by atoms with Gasteiger partial charge in [-0.15, -0.1) is 0 Å². The van der Waals surface area contributed by atoms with Crippen molar-refractivity contribution >= 4 is 26.0 Å². The molecule has 124 valence electrons. The molecule has 0 aromatic heterocycles. The fourth-order valence-corrected chi connectivity index (χ4v) is 3.96. The zero-order chi connectivity index (χ0) is 17.1. The van der Waals surface area contributed by atoms with E-state index in [1.807, 2.05) is 0 Å². The van der Waals surface area contributed by atoms with Crippen LogP contribution in [0.5, 0.6) is 0 Å². The molecule has 0 aliphatic carbocycles. The maximum atomic E-state index is 12.5. The number of nitrogens with one attached hydrogen (secondary N) is 1. The largest absolute Gasteiger partial charge is 0.416 e. The molecule has 8 heteroatoms. The molecule has 1 N–H and O–H groups in total. The van der Waals surface area contributed by atoms with Gasteiger partial charge in [-0.1, -0.05) is 24.3 Å². The summed E-state index contributed by atoms with van der Waals surface area (Å²) in [5.41, 5.74) is -0.108. The van der Waals surface area contributed by atoms with Gasteiger partial charge in [-0.05, 0) is 52.2 Å². The van der Waals surface area contributed by atoms with Gasteiger partial charge < -0.3 is 0 Å².